The van der Waals surface area contributed by atoms with Crippen molar-refractivity contribution in [2.75, 3.05) is 51.4 Å². The lowest BCUT2D eigenvalue weighted by Gasteiger charge is -2.33. The van der Waals surface area contributed by atoms with Gasteiger partial charge in [0, 0.05) is 32.7 Å². The zero-order valence-corrected chi connectivity index (χ0v) is 23.8. The van der Waals surface area contributed by atoms with Crippen LogP contribution >= 0.6 is 0 Å². The number of carbonyl (C=O) groups is 1. The largest absolute Gasteiger partial charge is 0.490 e. The van der Waals surface area contributed by atoms with Gasteiger partial charge in [0.1, 0.15) is 24.7 Å². The monoisotopic (exact) mass is 559 g/mol. The highest BCUT2D eigenvalue weighted by molar-refractivity contribution is 5.76. The Labute approximate surface area is 242 Å². The van der Waals surface area contributed by atoms with Gasteiger partial charge in [0.25, 0.3) is 0 Å². The molecule has 3 aromatic rings. The minimum absolute atomic E-state index is 0.0870. The first-order valence-corrected chi connectivity index (χ1v) is 14.5. The number of amides is 1. The number of benzene rings is 3. The third-order valence-electron chi connectivity index (χ3n) is 7.74. The molecule has 0 aromatic heterocycles. The van der Waals surface area contributed by atoms with Crippen molar-refractivity contribution in [2.45, 2.75) is 44.5 Å². The first kappa shape index (κ1) is 28.9. The summed E-state index contributed by atoms with van der Waals surface area (Å²) in [4.78, 5) is 13.6. The van der Waals surface area contributed by atoms with E-state index in [0.717, 1.165) is 79.5 Å². The molecule has 5 rings (SSSR count). The highest BCUT2D eigenvalue weighted by atomic mass is 16.5. The fraction of sp³-hybridized carbons (Fsp3) is 0.424. The van der Waals surface area contributed by atoms with Crippen LogP contribution in [0.25, 0.3) is 0 Å². The zero-order chi connectivity index (χ0) is 28.4. The lowest BCUT2D eigenvalue weighted by molar-refractivity contribution is -0.117. The number of hydrogen-bond donors (Lipinski definition) is 2. The molecule has 2 aliphatic rings. The molecular formula is C33H41N3O5. The quantitative estimate of drug-likeness (QED) is 0.303. The van der Waals surface area contributed by atoms with E-state index in [0.29, 0.717) is 25.7 Å². The molecule has 41 heavy (non-hydrogen) atoms. The Morgan fingerprint density at radius 1 is 1.05 bits per heavy atom. The maximum Gasteiger partial charge on any atom is 0.221 e. The summed E-state index contributed by atoms with van der Waals surface area (Å²) in [6.07, 6.45) is 2.31. The zero-order valence-electron chi connectivity index (χ0n) is 23.8. The minimum atomic E-state index is -0.351. The molecule has 1 amide bonds. The smallest absolute Gasteiger partial charge is 0.221 e. The van der Waals surface area contributed by atoms with E-state index in [1.807, 2.05) is 24.3 Å². The lowest BCUT2D eigenvalue weighted by atomic mass is 9.87. The summed E-state index contributed by atoms with van der Waals surface area (Å²) in [6.45, 7) is 6.12. The van der Waals surface area contributed by atoms with Crippen LogP contribution in [0, 0.1) is 0 Å². The molecule has 8 heteroatoms. The van der Waals surface area contributed by atoms with Crippen molar-refractivity contribution in [3.05, 3.63) is 89.0 Å². The molecule has 0 aliphatic carbocycles. The number of carbonyl (C=O) groups excluding carboxylic acids is 1. The van der Waals surface area contributed by atoms with E-state index >= 15 is 0 Å². The molecule has 0 saturated carbocycles. The number of nitrogens with zero attached hydrogens (tertiary/aromatic N) is 1. The number of anilines is 1. The maximum absolute atomic E-state index is 11.2. The molecule has 3 N–H and O–H groups in total. The van der Waals surface area contributed by atoms with Crippen molar-refractivity contribution in [3.63, 3.8) is 0 Å². The van der Waals surface area contributed by atoms with Crippen LogP contribution in [0.1, 0.15) is 41.0 Å². The summed E-state index contributed by atoms with van der Waals surface area (Å²) in [5.74, 6) is 1.64. The lowest BCUT2D eigenvalue weighted by Crippen LogP contribution is -2.41. The number of ether oxygens (including phenoxy) is 4. The topological polar surface area (TPSA) is 95.3 Å². The Kier molecular flexibility index (Phi) is 10.1. The Morgan fingerprint density at radius 2 is 1.90 bits per heavy atom. The van der Waals surface area contributed by atoms with E-state index in [-0.39, 0.29) is 18.4 Å². The predicted molar refractivity (Wildman–Crippen MR) is 160 cm³/mol. The average Bonchev–Trinajstić information content (AvgIpc) is 2.99. The van der Waals surface area contributed by atoms with Crippen molar-refractivity contribution in [1.82, 2.24) is 5.32 Å². The fourth-order valence-corrected chi connectivity index (χ4v) is 5.60. The van der Waals surface area contributed by atoms with Crippen LogP contribution in [0.4, 0.5) is 5.69 Å². The van der Waals surface area contributed by atoms with Gasteiger partial charge in [0.15, 0.2) is 0 Å². The molecule has 2 aliphatic heterocycles. The van der Waals surface area contributed by atoms with E-state index in [4.69, 9.17) is 24.7 Å². The van der Waals surface area contributed by atoms with Crippen molar-refractivity contribution in [2.24, 2.45) is 5.73 Å². The molecule has 0 unspecified atom stereocenters. The molecule has 3 aromatic carbocycles. The normalized spacial score (nSPS) is 18.4. The molecule has 0 radical (unpaired) electrons. The fourth-order valence-electron chi connectivity index (χ4n) is 5.60. The van der Waals surface area contributed by atoms with Crippen molar-refractivity contribution >= 4 is 11.6 Å². The summed E-state index contributed by atoms with van der Waals surface area (Å²) in [7, 11) is 1.75. The van der Waals surface area contributed by atoms with Crippen LogP contribution in [0.2, 0.25) is 0 Å². The molecule has 1 fully saturated rings. The van der Waals surface area contributed by atoms with Gasteiger partial charge in [0.2, 0.25) is 5.91 Å². The maximum atomic E-state index is 11.2. The number of rotatable bonds is 13. The van der Waals surface area contributed by atoms with E-state index in [2.05, 4.69) is 52.7 Å². The highest BCUT2D eigenvalue weighted by Crippen LogP contribution is 2.34. The van der Waals surface area contributed by atoms with Gasteiger partial charge in [-0.3, -0.25) is 4.79 Å². The summed E-state index contributed by atoms with van der Waals surface area (Å²) in [6, 6.07) is 22.6. The summed E-state index contributed by atoms with van der Waals surface area (Å²) >= 11 is 0. The van der Waals surface area contributed by atoms with E-state index in [9.17, 15) is 4.79 Å². The number of hydrogen-bond acceptors (Lipinski definition) is 7. The summed E-state index contributed by atoms with van der Waals surface area (Å²) in [5.41, 5.74) is 10.8. The number of piperidine rings is 1. The number of methoxy groups -OCH3 is 1. The second kappa shape index (κ2) is 14.3. The summed E-state index contributed by atoms with van der Waals surface area (Å²) in [5, 5.41) is 3.51. The first-order chi connectivity index (χ1) is 20.1. The second-order valence-corrected chi connectivity index (χ2v) is 10.8. The van der Waals surface area contributed by atoms with Gasteiger partial charge in [-0.2, -0.15) is 0 Å². The number of fused-ring (bicyclic) bond motifs is 1. The van der Waals surface area contributed by atoms with Crippen LogP contribution in [-0.2, 0) is 33.9 Å². The van der Waals surface area contributed by atoms with Gasteiger partial charge in [-0.15, -0.1) is 0 Å². The Bertz CT molecular complexity index is 1280. The average molecular weight is 560 g/mol. The second-order valence-electron chi connectivity index (χ2n) is 10.8. The molecule has 0 bridgehead atoms. The van der Waals surface area contributed by atoms with Gasteiger partial charge in [-0.1, -0.05) is 42.5 Å². The van der Waals surface area contributed by atoms with Gasteiger partial charge in [0.05, 0.1) is 31.4 Å². The molecule has 2 heterocycles. The molecule has 8 nitrogen and oxygen atoms in total. The molecule has 2 atom stereocenters. The van der Waals surface area contributed by atoms with Gasteiger partial charge >= 0.3 is 0 Å². The summed E-state index contributed by atoms with van der Waals surface area (Å²) < 4.78 is 23.7. The van der Waals surface area contributed by atoms with Crippen LogP contribution in [0.5, 0.6) is 11.5 Å². The predicted octanol–water partition coefficient (Wildman–Crippen LogP) is 4.19. The molecular weight excluding hydrogens is 518 g/mol. The van der Waals surface area contributed by atoms with E-state index in [1.54, 1.807) is 7.11 Å². The minimum Gasteiger partial charge on any atom is -0.490 e. The van der Waals surface area contributed by atoms with Crippen molar-refractivity contribution in [3.8, 4) is 11.5 Å². The van der Waals surface area contributed by atoms with Crippen LogP contribution < -0.4 is 25.4 Å². The SMILES string of the molecule is COCCCN1CCOc2ccc(CO[C@H]3CNCC[C@@H]3c3ccc(COc4cccc(CC(N)=O)c4)cc3)cc21. The number of nitrogens with two attached hydrogens (primary N) is 1. The molecule has 218 valence electrons. The Hall–Kier alpha value is -3.59. The van der Waals surface area contributed by atoms with Crippen LogP contribution in [-0.4, -0.2) is 58.5 Å². The van der Waals surface area contributed by atoms with E-state index in [1.165, 1.54) is 5.56 Å². The Morgan fingerprint density at radius 3 is 2.73 bits per heavy atom. The van der Waals surface area contributed by atoms with Crippen LogP contribution in [0.3, 0.4) is 0 Å². The molecule has 0 spiro atoms. The third-order valence-corrected chi connectivity index (χ3v) is 7.74. The standard InChI is InChI=1S/C33H41N3O5/c1-38-16-3-14-36-15-17-39-31-11-8-26(19-30(31)36)23-41-32-21-35-13-12-29(32)27-9-6-24(7-10-27)22-40-28-5-2-4-25(18-28)20-33(34)37/h2,4-11,18-19,29,32,35H,3,12-17,20-23H2,1H3,(H2,34,37)/t29-,32+/m1/s1. The third kappa shape index (κ3) is 8.00. The van der Waals surface area contributed by atoms with E-state index < -0.39 is 0 Å². The van der Waals surface area contributed by atoms with Crippen molar-refractivity contribution < 1.29 is 23.7 Å². The van der Waals surface area contributed by atoms with Crippen LogP contribution in [0.15, 0.2) is 66.7 Å². The Balaban J connectivity index is 1.18. The first-order valence-electron chi connectivity index (χ1n) is 14.5. The van der Waals surface area contributed by atoms with Gasteiger partial charge in [-0.05, 0) is 65.9 Å². The molecule has 1 saturated heterocycles. The number of nitrogens with one attached hydrogen (secondary N) is 1. The van der Waals surface area contributed by atoms with Gasteiger partial charge < -0.3 is 34.9 Å². The van der Waals surface area contributed by atoms with Gasteiger partial charge in [-0.25, -0.2) is 0 Å². The number of primary amides is 1. The highest BCUT2D eigenvalue weighted by Gasteiger charge is 2.27. The van der Waals surface area contributed by atoms with Crippen molar-refractivity contribution in [1.29, 1.82) is 0 Å².